The third-order valence-corrected chi connectivity index (χ3v) is 4.67. The Hall–Kier alpha value is -3.22. The van der Waals surface area contributed by atoms with E-state index in [1.54, 1.807) is 31.3 Å². The van der Waals surface area contributed by atoms with Crippen molar-refractivity contribution in [3.63, 3.8) is 0 Å². The summed E-state index contributed by atoms with van der Waals surface area (Å²) in [4.78, 5) is 27.5. The molecule has 0 aliphatic carbocycles. The van der Waals surface area contributed by atoms with E-state index in [4.69, 9.17) is 14.6 Å². The lowest BCUT2D eigenvalue weighted by molar-refractivity contribution is 0.0693. The zero-order valence-corrected chi connectivity index (χ0v) is 15.3. The number of anilines is 1. The number of carboxylic acid groups (broad SMARTS) is 1. The monoisotopic (exact) mass is 370 g/mol. The third kappa shape index (κ3) is 3.97. The number of nitrogens with zero attached hydrogens (tertiary/aromatic N) is 2. The summed E-state index contributed by atoms with van der Waals surface area (Å²) in [5, 5.41) is 8.96. The quantitative estimate of drug-likeness (QED) is 0.870. The van der Waals surface area contributed by atoms with Crippen LogP contribution in [0.4, 0.5) is 5.69 Å². The number of carbonyl (C=O) groups excluding carboxylic acids is 1. The van der Waals surface area contributed by atoms with E-state index >= 15 is 0 Å². The molecule has 1 saturated heterocycles. The number of carbonyl (C=O) groups is 2. The number of methoxy groups -OCH3 is 2. The van der Waals surface area contributed by atoms with E-state index in [2.05, 4.69) is 4.90 Å². The highest BCUT2D eigenvalue weighted by atomic mass is 16.5. The zero-order valence-electron chi connectivity index (χ0n) is 15.3. The molecule has 7 nitrogen and oxygen atoms in total. The molecule has 0 unspecified atom stereocenters. The smallest absolute Gasteiger partial charge is 0.335 e. The van der Waals surface area contributed by atoms with Crippen LogP contribution in [-0.4, -0.2) is 62.3 Å². The minimum atomic E-state index is -1.00. The minimum Gasteiger partial charge on any atom is -0.497 e. The van der Waals surface area contributed by atoms with Crippen molar-refractivity contribution in [3.05, 3.63) is 53.6 Å². The summed E-state index contributed by atoms with van der Waals surface area (Å²) >= 11 is 0. The minimum absolute atomic E-state index is 0.0933. The van der Waals surface area contributed by atoms with Crippen LogP contribution >= 0.6 is 0 Å². The van der Waals surface area contributed by atoms with Crippen molar-refractivity contribution in [1.29, 1.82) is 0 Å². The van der Waals surface area contributed by atoms with E-state index in [1.807, 2.05) is 18.2 Å². The highest BCUT2D eigenvalue weighted by Crippen LogP contribution is 2.33. The fraction of sp³-hybridized carbons (Fsp3) is 0.300. The number of hydrogen-bond acceptors (Lipinski definition) is 5. The first kappa shape index (κ1) is 18.6. The van der Waals surface area contributed by atoms with Gasteiger partial charge in [0.25, 0.3) is 5.91 Å². The molecule has 2 aromatic carbocycles. The Morgan fingerprint density at radius 2 is 1.52 bits per heavy atom. The Morgan fingerprint density at radius 1 is 0.889 bits per heavy atom. The fourth-order valence-corrected chi connectivity index (χ4v) is 3.13. The normalized spacial score (nSPS) is 14.0. The molecular weight excluding hydrogens is 348 g/mol. The summed E-state index contributed by atoms with van der Waals surface area (Å²) < 4.78 is 10.7. The zero-order chi connectivity index (χ0) is 19.4. The summed E-state index contributed by atoms with van der Waals surface area (Å²) in [6, 6.07) is 11.7. The Balaban J connectivity index is 1.68. The first-order valence-electron chi connectivity index (χ1n) is 8.63. The molecule has 3 rings (SSSR count). The average molecular weight is 370 g/mol. The topological polar surface area (TPSA) is 79.3 Å². The van der Waals surface area contributed by atoms with Gasteiger partial charge < -0.3 is 24.4 Å². The van der Waals surface area contributed by atoms with Gasteiger partial charge >= 0.3 is 5.97 Å². The van der Waals surface area contributed by atoms with E-state index in [0.717, 1.165) is 17.2 Å². The Morgan fingerprint density at radius 3 is 2.07 bits per heavy atom. The summed E-state index contributed by atoms with van der Waals surface area (Å²) in [5.41, 5.74) is 1.60. The van der Waals surface area contributed by atoms with Gasteiger partial charge in [-0.25, -0.2) is 4.79 Å². The molecule has 0 spiro atoms. The Labute approximate surface area is 157 Å². The lowest BCUT2D eigenvalue weighted by Gasteiger charge is -2.36. The van der Waals surface area contributed by atoms with Gasteiger partial charge in [-0.1, -0.05) is 0 Å². The molecule has 0 bridgehead atoms. The average Bonchev–Trinajstić information content (AvgIpc) is 2.73. The number of piperazine rings is 1. The molecule has 1 aliphatic heterocycles. The highest BCUT2D eigenvalue weighted by Gasteiger charge is 2.24. The lowest BCUT2D eigenvalue weighted by Crippen LogP contribution is -2.48. The van der Waals surface area contributed by atoms with E-state index < -0.39 is 5.97 Å². The standard InChI is InChI=1S/C20H22N2O5/c1-26-16-7-8-18(27-2)17(13-16)21-9-11-22(12-10-21)19(23)14-3-5-15(6-4-14)20(24)25/h3-8,13H,9-12H2,1-2H3,(H,24,25). The second-order valence-electron chi connectivity index (χ2n) is 6.20. The number of carboxylic acids is 1. The van der Waals surface area contributed by atoms with Gasteiger partial charge in [-0.15, -0.1) is 0 Å². The Kier molecular flexibility index (Phi) is 5.49. The van der Waals surface area contributed by atoms with Crippen LogP contribution in [0.15, 0.2) is 42.5 Å². The number of aromatic carboxylic acids is 1. The van der Waals surface area contributed by atoms with Gasteiger partial charge in [0.2, 0.25) is 0 Å². The number of ether oxygens (including phenoxy) is 2. The molecule has 7 heteroatoms. The molecule has 0 atom stereocenters. The lowest BCUT2D eigenvalue weighted by atomic mass is 10.1. The second kappa shape index (κ2) is 7.99. The SMILES string of the molecule is COc1ccc(OC)c(N2CCN(C(=O)c3ccc(C(=O)O)cc3)CC2)c1. The first-order chi connectivity index (χ1) is 13.0. The fourth-order valence-electron chi connectivity index (χ4n) is 3.13. The van der Waals surface area contributed by atoms with Gasteiger partial charge in [0.15, 0.2) is 0 Å². The van der Waals surface area contributed by atoms with Gasteiger partial charge in [0.05, 0.1) is 25.5 Å². The van der Waals surface area contributed by atoms with Crippen LogP contribution in [0.1, 0.15) is 20.7 Å². The van der Waals surface area contributed by atoms with Crippen molar-refractivity contribution in [2.24, 2.45) is 0 Å². The molecule has 0 aromatic heterocycles. The highest BCUT2D eigenvalue weighted by molar-refractivity contribution is 5.96. The largest absolute Gasteiger partial charge is 0.497 e. The van der Waals surface area contributed by atoms with Crippen LogP contribution in [-0.2, 0) is 0 Å². The molecule has 27 heavy (non-hydrogen) atoms. The van der Waals surface area contributed by atoms with Crippen molar-refractivity contribution in [3.8, 4) is 11.5 Å². The molecule has 142 valence electrons. The van der Waals surface area contributed by atoms with Crippen molar-refractivity contribution in [2.75, 3.05) is 45.3 Å². The van der Waals surface area contributed by atoms with Crippen LogP contribution in [0.2, 0.25) is 0 Å². The number of hydrogen-bond donors (Lipinski definition) is 1. The van der Waals surface area contributed by atoms with Crippen LogP contribution in [0.5, 0.6) is 11.5 Å². The molecule has 1 amide bonds. The molecule has 1 N–H and O–H groups in total. The van der Waals surface area contributed by atoms with Crippen molar-refractivity contribution >= 4 is 17.6 Å². The van der Waals surface area contributed by atoms with Gasteiger partial charge in [0.1, 0.15) is 11.5 Å². The van der Waals surface area contributed by atoms with E-state index in [9.17, 15) is 9.59 Å². The van der Waals surface area contributed by atoms with Crippen molar-refractivity contribution in [1.82, 2.24) is 4.90 Å². The molecule has 1 heterocycles. The summed E-state index contributed by atoms with van der Waals surface area (Å²) in [7, 11) is 3.25. The first-order valence-corrected chi connectivity index (χ1v) is 8.63. The molecular formula is C20H22N2O5. The maximum absolute atomic E-state index is 12.7. The number of benzene rings is 2. The van der Waals surface area contributed by atoms with Gasteiger partial charge in [-0.05, 0) is 36.4 Å². The molecule has 1 fully saturated rings. The molecule has 1 aliphatic rings. The maximum atomic E-state index is 12.7. The van der Waals surface area contributed by atoms with Crippen molar-refractivity contribution in [2.45, 2.75) is 0 Å². The molecule has 2 aromatic rings. The van der Waals surface area contributed by atoms with Crippen LogP contribution < -0.4 is 14.4 Å². The summed E-state index contributed by atoms with van der Waals surface area (Å²) in [5.74, 6) is 0.418. The van der Waals surface area contributed by atoms with E-state index in [-0.39, 0.29) is 11.5 Å². The summed E-state index contributed by atoms with van der Waals surface area (Å²) in [6.07, 6.45) is 0. The third-order valence-electron chi connectivity index (χ3n) is 4.67. The number of amides is 1. The van der Waals surface area contributed by atoms with Crippen LogP contribution in [0.25, 0.3) is 0 Å². The van der Waals surface area contributed by atoms with Crippen molar-refractivity contribution < 1.29 is 24.2 Å². The van der Waals surface area contributed by atoms with Gasteiger partial charge in [0, 0.05) is 37.8 Å². The molecule has 0 saturated carbocycles. The van der Waals surface area contributed by atoms with E-state index in [0.29, 0.717) is 31.7 Å². The van der Waals surface area contributed by atoms with Crippen LogP contribution in [0.3, 0.4) is 0 Å². The second-order valence-corrected chi connectivity index (χ2v) is 6.20. The number of rotatable bonds is 5. The van der Waals surface area contributed by atoms with Crippen LogP contribution in [0, 0.1) is 0 Å². The van der Waals surface area contributed by atoms with Gasteiger partial charge in [-0.2, -0.15) is 0 Å². The van der Waals surface area contributed by atoms with Gasteiger partial charge in [-0.3, -0.25) is 4.79 Å². The summed E-state index contributed by atoms with van der Waals surface area (Å²) in [6.45, 7) is 2.48. The maximum Gasteiger partial charge on any atom is 0.335 e. The molecule has 0 radical (unpaired) electrons. The predicted molar refractivity (Wildman–Crippen MR) is 101 cm³/mol. The van der Waals surface area contributed by atoms with E-state index in [1.165, 1.54) is 12.1 Å². The predicted octanol–water partition coefficient (Wildman–Crippen LogP) is 2.36. The Bertz CT molecular complexity index is 827.